The summed E-state index contributed by atoms with van der Waals surface area (Å²) in [6.07, 6.45) is 6.25. The van der Waals surface area contributed by atoms with E-state index in [2.05, 4.69) is 13.8 Å². The van der Waals surface area contributed by atoms with Crippen molar-refractivity contribution in [3.8, 4) is 0 Å². The van der Waals surface area contributed by atoms with Crippen LogP contribution in [-0.4, -0.2) is 43.2 Å². The smallest absolute Gasteiger partial charge is 0.222 e. The summed E-state index contributed by atoms with van der Waals surface area (Å²) in [7, 11) is 0. The summed E-state index contributed by atoms with van der Waals surface area (Å²) in [5.41, 5.74) is 5.45. The third-order valence-corrected chi connectivity index (χ3v) is 3.51. The van der Waals surface area contributed by atoms with Gasteiger partial charge in [0.2, 0.25) is 5.91 Å². The van der Waals surface area contributed by atoms with E-state index < -0.39 is 0 Å². The first-order valence-electron chi connectivity index (χ1n) is 7.73. The van der Waals surface area contributed by atoms with Gasteiger partial charge in [0.05, 0.1) is 6.10 Å². The molecule has 112 valence electrons. The molecular formula is C15H30N2O2. The van der Waals surface area contributed by atoms with Gasteiger partial charge in [-0.2, -0.15) is 0 Å². The van der Waals surface area contributed by atoms with E-state index in [0.29, 0.717) is 18.2 Å². The van der Waals surface area contributed by atoms with Crippen molar-refractivity contribution in [2.75, 3.05) is 26.2 Å². The summed E-state index contributed by atoms with van der Waals surface area (Å²) in [5.74, 6) is 0.857. The zero-order valence-electron chi connectivity index (χ0n) is 12.6. The number of unbranched alkanes of at least 4 members (excludes halogenated alkanes) is 3. The van der Waals surface area contributed by atoms with E-state index in [0.717, 1.165) is 58.3 Å². The number of amides is 1. The molecule has 4 heteroatoms. The largest absolute Gasteiger partial charge is 0.376 e. The summed E-state index contributed by atoms with van der Waals surface area (Å²) in [4.78, 5) is 14.0. The first kappa shape index (κ1) is 16.4. The molecule has 0 radical (unpaired) electrons. The monoisotopic (exact) mass is 270 g/mol. The normalized spacial score (nSPS) is 19.4. The van der Waals surface area contributed by atoms with Crippen LogP contribution in [0.2, 0.25) is 0 Å². The highest BCUT2D eigenvalue weighted by atomic mass is 16.5. The van der Waals surface area contributed by atoms with Crippen LogP contribution in [0.15, 0.2) is 0 Å². The third-order valence-electron chi connectivity index (χ3n) is 3.51. The van der Waals surface area contributed by atoms with Crippen molar-refractivity contribution in [1.29, 1.82) is 0 Å². The van der Waals surface area contributed by atoms with Gasteiger partial charge in [0, 0.05) is 26.1 Å². The van der Waals surface area contributed by atoms with Gasteiger partial charge in [0.15, 0.2) is 0 Å². The topological polar surface area (TPSA) is 55.6 Å². The molecule has 2 N–H and O–H groups in total. The number of carbonyl (C=O) groups is 1. The Kier molecular flexibility index (Phi) is 8.07. The van der Waals surface area contributed by atoms with E-state index in [1.54, 1.807) is 0 Å². The number of carbonyl (C=O) groups excluding carboxylic acids is 1. The van der Waals surface area contributed by atoms with Crippen molar-refractivity contribution in [1.82, 2.24) is 4.90 Å². The highest BCUT2D eigenvalue weighted by molar-refractivity contribution is 5.76. The quantitative estimate of drug-likeness (QED) is 0.653. The van der Waals surface area contributed by atoms with Gasteiger partial charge in [-0.05, 0) is 31.7 Å². The molecule has 1 amide bonds. The predicted octanol–water partition coefficient (Wildman–Crippen LogP) is 2.17. The summed E-state index contributed by atoms with van der Waals surface area (Å²) < 4.78 is 5.79. The molecule has 0 saturated carbocycles. The number of nitrogens with zero attached hydrogens (tertiary/aromatic N) is 1. The van der Waals surface area contributed by atoms with Crippen molar-refractivity contribution >= 4 is 5.91 Å². The lowest BCUT2D eigenvalue weighted by molar-refractivity contribution is -0.130. The van der Waals surface area contributed by atoms with Crippen LogP contribution in [0.25, 0.3) is 0 Å². The maximum Gasteiger partial charge on any atom is 0.222 e. The Balaban J connectivity index is 2.10. The minimum Gasteiger partial charge on any atom is -0.376 e. The second-order valence-corrected chi connectivity index (χ2v) is 5.93. The van der Waals surface area contributed by atoms with Gasteiger partial charge in [-0.1, -0.05) is 26.7 Å². The van der Waals surface area contributed by atoms with Crippen molar-refractivity contribution in [3.63, 3.8) is 0 Å². The Morgan fingerprint density at radius 3 is 2.74 bits per heavy atom. The molecule has 1 atom stereocenters. The Bertz CT molecular complexity index is 257. The first-order chi connectivity index (χ1) is 9.13. The lowest BCUT2D eigenvalue weighted by Gasteiger charge is -2.17. The summed E-state index contributed by atoms with van der Waals surface area (Å²) in [6.45, 7) is 7.51. The van der Waals surface area contributed by atoms with E-state index in [-0.39, 0.29) is 6.10 Å². The number of ether oxygens (including phenoxy) is 1. The molecule has 0 aliphatic carbocycles. The highest BCUT2D eigenvalue weighted by Crippen LogP contribution is 2.16. The van der Waals surface area contributed by atoms with Crippen LogP contribution >= 0.6 is 0 Å². The maximum atomic E-state index is 12.0. The molecular weight excluding hydrogens is 240 g/mol. The number of hydrogen-bond donors (Lipinski definition) is 1. The van der Waals surface area contributed by atoms with E-state index >= 15 is 0 Å². The van der Waals surface area contributed by atoms with Crippen LogP contribution in [-0.2, 0) is 9.53 Å². The van der Waals surface area contributed by atoms with Gasteiger partial charge < -0.3 is 15.4 Å². The van der Waals surface area contributed by atoms with E-state index in [9.17, 15) is 4.79 Å². The summed E-state index contributed by atoms with van der Waals surface area (Å²) in [5, 5.41) is 0. The van der Waals surface area contributed by atoms with Crippen molar-refractivity contribution < 1.29 is 9.53 Å². The van der Waals surface area contributed by atoms with Gasteiger partial charge in [-0.25, -0.2) is 0 Å². The molecule has 1 saturated heterocycles. The SMILES string of the molecule is CC(C)COC1CCN(C(=O)CCCCCCN)C1. The molecule has 4 nitrogen and oxygen atoms in total. The van der Waals surface area contributed by atoms with Crippen molar-refractivity contribution in [2.24, 2.45) is 11.7 Å². The zero-order chi connectivity index (χ0) is 14.1. The van der Waals surface area contributed by atoms with Crippen LogP contribution in [0.3, 0.4) is 0 Å². The van der Waals surface area contributed by atoms with E-state index in [1.807, 2.05) is 4.90 Å². The molecule has 0 aromatic carbocycles. The fourth-order valence-electron chi connectivity index (χ4n) is 2.35. The molecule has 0 spiro atoms. The molecule has 1 rings (SSSR count). The Labute approximate surface area is 117 Å². The highest BCUT2D eigenvalue weighted by Gasteiger charge is 2.26. The van der Waals surface area contributed by atoms with Gasteiger partial charge in [-0.3, -0.25) is 4.79 Å². The second-order valence-electron chi connectivity index (χ2n) is 5.93. The third kappa shape index (κ3) is 6.92. The summed E-state index contributed by atoms with van der Waals surface area (Å²) in [6, 6.07) is 0. The molecule has 1 aliphatic heterocycles. The van der Waals surface area contributed by atoms with Crippen LogP contribution < -0.4 is 5.73 Å². The molecule has 1 aliphatic rings. The molecule has 1 heterocycles. The molecule has 19 heavy (non-hydrogen) atoms. The van der Waals surface area contributed by atoms with Gasteiger partial charge in [-0.15, -0.1) is 0 Å². The molecule has 1 fully saturated rings. The number of hydrogen-bond acceptors (Lipinski definition) is 3. The molecule has 0 bridgehead atoms. The van der Waals surface area contributed by atoms with Crippen LogP contribution in [0.5, 0.6) is 0 Å². The van der Waals surface area contributed by atoms with Crippen LogP contribution in [0, 0.1) is 5.92 Å². The fourth-order valence-corrected chi connectivity index (χ4v) is 2.35. The Morgan fingerprint density at radius 2 is 2.05 bits per heavy atom. The predicted molar refractivity (Wildman–Crippen MR) is 77.9 cm³/mol. The lowest BCUT2D eigenvalue weighted by Crippen LogP contribution is -2.30. The van der Waals surface area contributed by atoms with Crippen LogP contribution in [0.1, 0.15) is 52.4 Å². The van der Waals surface area contributed by atoms with Gasteiger partial charge in [0.1, 0.15) is 0 Å². The maximum absolute atomic E-state index is 12.0. The minimum atomic E-state index is 0.253. The number of rotatable bonds is 9. The van der Waals surface area contributed by atoms with Gasteiger partial charge in [0.25, 0.3) is 0 Å². The average Bonchev–Trinajstić information content (AvgIpc) is 2.84. The van der Waals surface area contributed by atoms with Crippen molar-refractivity contribution in [3.05, 3.63) is 0 Å². The molecule has 0 aromatic heterocycles. The van der Waals surface area contributed by atoms with E-state index in [4.69, 9.17) is 10.5 Å². The second kappa shape index (κ2) is 9.32. The average molecular weight is 270 g/mol. The van der Waals surface area contributed by atoms with Gasteiger partial charge >= 0.3 is 0 Å². The van der Waals surface area contributed by atoms with Crippen LogP contribution in [0.4, 0.5) is 0 Å². The zero-order valence-corrected chi connectivity index (χ0v) is 12.6. The Morgan fingerprint density at radius 1 is 1.32 bits per heavy atom. The van der Waals surface area contributed by atoms with Crippen molar-refractivity contribution in [2.45, 2.75) is 58.5 Å². The first-order valence-corrected chi connectivity index (χ1v) is 7.73. The summed E-state index contributed by atoms with van der Waals surface area (Å²) >= 11 is 0. The standard InChI is InChI=1S/C15H30N2O2/c1-13(2)12-19-14-8-10-17(11-14)15(18)7-5-3-4-6-9-16/h13-14H,3-12,16H2,1-2H3. The number of likely N-dealkylation sites (tertiary alicyclic amines) is 1. The minimum absolute atomic E-state index is 0.253. The lowest BCUT2D eigenvalue weighted by atomic mass is 10.1. The molecule has 1 unspecified atom stereocenters. The fraction of sp³-hybridized carbons (Fsp3) is 0.933. The Hall–Kier alpha value is -0.610. The number of nitrogens with two attached hydrogens (primary N) is 1. The van der Waals surface area contributed by atoms with E-state index in [1.165, 1.54) is 0 Å². The molecule has 0 aromatic rings.